The van der Waals surface area contributed by atoms with E-state index in [4.69, 9.17) is 4.74 Å². The van der Waals surface area contributed by atoms with Gasteiger partial charge in [0.15, 0.2) is 0 Å². The van der Waals surface area contributed by atoms with Crippen LogP contribution in [0.3, 0.4) is 0 Å². The lowest BCUT2D eigenvalue weighted by Gasteiger charge is -2.13. The first-order chi connectivity index (χ1) is 11.8. The van der Waals surface area contributed by atoms with Gasteiger partial charge in [0.05, 0.1) is 23.3 Å². The number of hydrogen-bond acceptors (Lipinski definition) is 5. The number of nitrogens with one attached hydrogen (secondary N) is 1. The van der Waals surface area contributed by atoms with Crippen LogP contribution < -0.4 is 10.1 Å². The molecule has 0 saturated carbocycles. The molecule has 6 nitrogen and oxygen atoms in total. The average molecular weight is 360 g/mol. The maximum absolute atomic E-state index is 12.4. The van der Waals surface area contributed by atoms with E-state index >= 15 is 0 Å². The Labute approximate surface area is 150 Å². The van der Waals surface area contributed by atoms with Gasteiger partial charge in [0, 0.05) is 4.90 Å². The zero-order chi connectivity index (χ0) is 18.6. The molecule has 2 aromatic rings. The van der Waals surface area contributed by atoms with E-state index in [1.54, 1.807) is 13.0 Å². The van der Waals surface area contributed by atoms with Crippen LogP contribution in [0.4, 0.5) is 11.4 Å². The predicted octanol–water partition coefficient (Wildman–Crippen LogP) is 4.34. The average Bonchev–Trinajstić information content (AvgIpc) is 2.58. The Hall–Kier alpha value is -2.54. The lowest BCUT2D eigenvalue weighted by molar-refractivity contribution is -0.384. The first-order valence-electron chi connectivity index (χ1n) is 7.69. The summed E-state index contributed by atoms with van der Waals surface area (Å²) < 4.78 is 4.99. The molecule has 0 heterocycles. The number of amides is 1. The Kier molecular flexibility index (Phi) is 6.03. The fraction of sp³-hybridized carbons (Fsp3) is 0.278. The van der Waals surface area contributed by atoms with Gasteiger partial charge in [0.1, 0.15) is 11.4 Å². The minimum absolute atomic E-state index is 0.156. The highest BCUT2D eigenvalue weighted by atomic mass is 32.2. The van der Waals surface area contributed by atoms with E-state index < -0.39 is 10.2 Å². The third-order valence-corrected chi connectivity index (χ3v) is 4.91. The van der Waals surface area contributed by atoms with Crippen LogP contribution in [0.15, 0.2) is 41.3 Å². The van der Waals surface area contributed by atoms with Gasteiger partial charge in [-0.3, -0.25) is 14.9 Å². The molecule has 25 heavy (non-hydrogen) atoms. The smallest absolute Gasteiger partial charge is 0.296 e. The number of benzene rings is 2. The van der Waals surface area contributed by atoms with Crippen LogP contribution in [0.2, 0.25) is 0 Å². The molecular formula is C18H20N2O4S. The Morgan fingerprint density at radius 3 is 2.52 bits per heavy atom. The van der Waals surface area contributed by atoms with E-state index in [1.165, 1.54) is 36.6 Å². The molecule has 132 valence electrons. The summed E-state index contributed by atoms with van der Waals surface area (Å²) in [6.45, 7) is 5.82. The standard InChI is InChI=1S/C18H20N2O4S/c1-11-5-7-15(9-12(11)2)25-13(3)18(21)19-16-8-6-14(24-4)10-17(16)20(22)23/h5-10,13H,1-4H3,(H,19,21)/t13-/m1/s1. The van der Waals surface area contributed by atoms with E-state index in [-0.39, 0.29) is 17.3 Å². The molecule has 0 fully saturated rings. The van der Waals surface area contributed by atoms with Crippen molar-refractivity contribution in [3.63, 3.8) is 0 Å². The quantitative estimate of drug-likeness (QED) is 0.471. The molecule has 1 amide bonds. The van der Waals surface area contributed by atoms with Crippen molar-refractivity contribution in [2.45, 2.75) is 30.9 Å². The lowest BCUT2D eigenvalue weighted by atomic mass is 10.1. The molecule has 0 bridgehead atoms. The number of nitro benzene ring substituents is 1. The number of ether oxygens (including phenoxy) is 1. The molecule has 1 N–H and O–H groups in total. The van der Waals surface area contributed by atoms with Crippen LogP contribution in [0.5, 0.6) is 5.75 Å². The van der Waals surface area contributed by atoms with Crippen LogP contribution in [0.1, 0.15) is 18.1 Å². The molecule has 0 unspecified atom stereocenters. The highest BCUT2D eigenvalue weighted by Crippen LogP contribution is 2.31. The van der Waals surface area contributed by atoms with Crippen LogP contribution in [-0.4, -0.2) is 23.2 Å². The monoisotopic (exact) mass is 360 g/mol. The second-order valence-electron chi connectivity index (χ2n) is 5.64. The Morgan fingerprint density at radius 2 is 1.92 bits per heavy atom. The Morgan fingerprint density at radius 1 is 1.20 bits per heavy atom. The molecule has 0 spiro atoms. The van der Waals surface area contributed by atoms with Crippen LogP contribution in [0, 0.1) is 24.0 Å². The first kappa shape index (κ1) is 18.8. The number of thioether (sulfide) groups is 1. The first-order valence-corrected chi connectivity index (χ1v) is 8.57. The van der Waals surface area contributed by atoms with E-state index in [9.17, 15) is 14.9 Å². The summed E-state index contributed by atoms with van der Waals surface area (Å²) >= 11 is 1.41. The third kappa shape index (κ3) is 4.73. The predicted molar refractivity (Wildman–Crippen MR) is 99.5 cm³/mol. The zero-order valence-electron chi connectivity index (χ0n) is 14.5. The van der Waals surface area contributed by atoms with Crippen molar-refractivity contribution in [2.75, 3.05) is 12.4 Å². The Bertz CT molecular complexity index is 808. The Balaban J connectivity index is 2.13. The molecule has 7 heteroatoms. The van der Waals surface area contributed by atoms with Gasteiger partial charge in [-0.05, 0) is 56.2 Å². The third-order valence-electron chi connectivity index (χ3n) is 3.82. The van der Waals surface area contributed by atoms with Crippen molar-refractivity contribution in [3.8, 4) is 5.75 Å². The highest BCUT2D eigenvalue weighted by Gasteiger charge is 2.21. The van der Waals surface area contributed by atoms with Crippen molar-refractivity contribution < 1.29 is 14.5 Å². The second kappa shape index (κ2) is 8.02. The number of nitrogens with zero attached hydrogens (tertiary/aromatic N) is 1. The topological polar surface area (TPSA) is 81.5 Å². The number of carbonyl (C=O) groups is 1. The molecule has 0 aliphatic carbocycles. The summed E-state index contributed by atoms with van der Waals surface area (Å²) in [7, 11) is 1.43. The normalized spacial score (nSPS) is 11.7. The number of carbonyl (C=O) groups excluding carboxylic acids is 1. The van der Waals surface area contributed by atoms with Gasteiger partial charge in [-0.15, -0.1) is 11.8 Å². The number of hydrogen-bond donors (Lipinski definition) is 1. The van der Waals surface area contributed by atoms with Gasteiger partial charge in [-0.2, -0.15) is 0 Å². The van der Waals surface area contributed by atoms with Crippen LogP contribution in [-0.2, 0) is 4.79 Å². The maximum Gasteiger partial charge on any atom is 0.296 e. The summed E-state index contributed by atoms with van der Waals surface area (Å²) in [6, 6.07) is 10.3. The van der Waals surface area contributed by atoms with Crippen molar-refractivity contribution in [1.29, 1.82) is 0 Å². The molecule has 2 rings (SSSR count). The largest absolute Gasteiger partial charge is 0.496 e. The van der Waals surface area contributed by atoms with Gasteiger partial charge in [0.25, 0.3) is 5.69 Å². The van der Waals surface area contributed by atoms with E-state index in [2.05, 4.69) is 5.32 Å². The lowest BCUT2D eigenvalue weighted by Crippen LogP contribution is -2.22. The van der Waals surface area contributed by atoms with Gasteiger partial charge in [-0.1, -0.05) is 6.07 Å². The number of anilines is 1. The fourth-order valence-corrected chi connectivity index (χ4v) is 3.14. The molecule has 2 aromatic carbocycles. The van der Waals surface area contributed by atoms with Crippen molar-refractivity contribution >= 4 is 29.0 Å². The summed E-state index contributed by atoms with van der Waals surface area (Å²) in [5, 5.41) is 13.4. The van der Waals surface area contributed by atoms with Gasteiger partial charge in [0.2, 0.25) is 5.91 Å². The number of rotatable bonds is 6. The van der Waals surface area contributed by atoms with Crippen LogP contribution >= 0.6 is 11.8 Å². The van der Waals surface area contributed by atoms with Crippen LogP contribution in [0.25, 0.3) is 0 Å². The SMILES string of the molecule is COc1ccc(NC(=O)[C@@H](C)Sc2ccc(C)c(C)c2)c([N+](=O)[O-])c1. The number of aryl methyl sites for hydroxylation is 2. The summed E-state index contributed by atoms with van der Waals surface area (Å²) in [5.74, 6) is 0.0683. The van der Waals surface area contributed by atoms with Crippen molar-refractivity contribution in [2.24, 2.45) is 0 Å². The summed E-state index contributed by atoms with van der Waals surface area (Å²) in [4.78, 5) is 24.0. The molecular weight excluding hydrogens is 340 g/mol. The molecule has 1 atom stereocenters. The second-order valence-corrected chi connectivity index (χ2v) is 7.05. The minimum Gasteiger partial charge on any atom is -0.496 e. The fourth-order valence-electron chi connectivity index (χ4n) is 2.17. The number of methoxy groups -OCH3 is 1. The summed E-state index contributed by atoms with van der Waals surface area (Å²) in [6.07, 6.45) is 0. The van der Waals surface area contributed by atoms with E-state index in [0.29, 0.717) is 5.75 Å². The molecule has 0 aromatic heterocycles. The van der Waals surface area contributed by atoms with Gasteiger partial charge >= 0.3 is 0 Å². The van der Waals surface area contributed by atoms with Gasteiger partial charge < -0.3 is 10.1 Å². The molecule has 0 radical (unpaired) electrons. The van der Waals surface area contributed by atoms with Crippen molar-refractivity contribution in [1.82, 2.24) is 0 Å². The van der Waals surface area contributed by atoms with E-state index in [1.807, 2.05) is 32.0 Å². The zero-order valence-corrected chi connectivity index (χ0v) is 15.3. The maximum atomic E-state index is 12.4. The minimum atomic E-state index is -0.542. The number of nitro groups is 1. The van der Waals surface area contributed by atoms with E-state index in [0.717, 1.165) is 10.5 Å². The van der Waals surface area contributed by atoms with Crippen molar-refractivity contribution in [3.05, 3.63) is 57.6 Å². The molecule has 0 aliphatic rings. The molecule has 0 aliphatic heterocycles. The van der Waals surface area contributed by atoms with Gasteiger partial charge in [-0.25, -0.2) is 0 Å². The molecule has 0 saturated heterocycles. The summed E-state index contributed by atoms with van der Waals surface area (Å²) in [5.41, 5.74) is 2.30. The highest BCUT2D eigenvalue weighted by molar-refractivity contribution is 8.00.